The van der Waals surface area contributed by atoms with Gasteiger partial charge in [-0.1, -0.05) is 13.3 Å². The van der Waals surface area contributed by atoms with Gasteiger partial charge in [0.1, 0.15) is 32.7 Å². The van der Waals surface area contributed by atoms with E-state index in [1.54, 1.807) is 26.2 Å². The van der Waals surface area contributed by atoms with E-state index in [1.807, 2.05) is 11.0 Å². The maximum absolute atomic E-state index is 5.66. The lowest BCUT2D eigenvalue weighted by atomic mass is 9.84. The average molecular weight is 365 g/mol. The third kappa shape index (κ3) is 4.09. The van der Waals surface area contributed by atoms with Gasteiger partial charge in [-0.2, -0.15) is 0 Å². The summed E-state index contributed by atoms with van der Waals surface area (Å²) in [6.07, 6.45) is 5.71. The Morgan fingerprint density at radius 1 is 0.885 bits per heavy atom. The van der Waals surface area contributed by atoms with Crippen molar-refractivity contribution in [2.45, 2.75) is 45.2 Å². The second kappa shape index (κ2) is 8.96. The van der Waals surface area contributed by atoms with Crippen molar-refractivity contribution in [3.8, 4) is 17.2 Å². The summed E-state index contributed by atoms with van der Waals surface area (Å²) in [5.74, 6) is 3.14. The first-order valence-electron chi connectivity index (χ1n) is 10.1. The monoisotopic (exact) mass is 364 g/mol. The minimum absolute atomic E-state index is 0.701. The Labute approximate surface area is 158 Å². The Balaban J connectivity index is 1.62. The highest BCUT2D eigenvalue weighted by atomic mass is 16.5. The molecule has 0 bridgehead atoms. The molecule has 1 saturated carbocycles. The molecule has 1 saturated heterocycles. The van der Waals surface area contributed by atoms with Crippen LogP contribution < -0.4 is 24.0 Å². The summed E-state index contributed by atoms with van der Waals surface area (Å²) in [7, 11) is 5.05. The summed E-state index contributed by atoms with van der Waals surface area (Å²) < 4.78 is 16.6. The summed E-state index contributed by atoms with van der Waals surface area (Å²) >= 11 is 0. The maximum Gasteiger partial charge on any atom is 0.203 e. The lowest BCUT2D eigenvalue weighted by Gasteiger charge is -2.39. The van der Waals surface area contributed by atoms with Crippen molar-refractivity contribution in [3.63, 3.8) is 0 Å². The first-order chi connectivity index (χ1) is 12.7. The van der Waals surface area contributed by atoms with Crippen LogP contribution in [0.5, 0.6) is 17.2 Å². The van der Waals surface area contributed by atoms with Crippen LogP contribution in [0.3, 0.4) is 0 Å². The number of rotatable bonds is 6. The van der Waals surface area contributed by atoms with Gasteiger partial charge in [0.25, 0.3) is 0 Å². The van der Waals surface area contributed by atoms with Crippen LogP contribution in [-0.2, 0) is 6.54 Å². The third-order valence-corrected chi connectivity index (χ3v) is 6.46. The fourth-order valence-corrected chi connectivity index (χ4v) is 4.97. The number of ether oxygens (including phenoxy) is 3. The van der Waals surface area contributed by atoms with Gasteiger partial charge in [-0.3, -0.25) is 0 Å². The van der Waals surface area contributed by atoms with Crippen molar-refractivity contribution in [2.24, 2.45) is 5.92 Å². The van der Waals surface area contributed by atoms with Crippen LogP contribution in [0.2, 0.25) is 0 Å². The average Bonchev–Trinajstić information content (AvgIpc) is 2.68. The number of hydrogen-bond acceptors (Lipinski definition) is 3. The van der Waals surface area contributed by atoms with Gasteiger partial charge < -0.3 is 24.0 Å². The van der Waals surface area contributed by atoms with Crippen molar-refractivity contribution in [3.05, 3.63) is 17.7 Å². The smallest absolute Gasteiger partial charge is 0.203 e. The number of benzene rings is 1. The summed E-state index contributed by atoms with van der Waals surface area (Å²) in [6, 6.07) is 5.00. The molecule has 1 aliphatic carbocycles. The summed E-state index contributed by atoms with van der Waals surface area (Å²) in [5.41, 5.74) is 1.20. The summed E-state index contributed by atoms with van der Waals surface area (Å²) in [6.45, 7) is 8.49. The molecular formula is C21H36N2O3+2. The molecule has 0 spiro atoms. The van der Waals surface area contributed by atoms with E-state index in [-0.39, 0.29) is 0 Å². The van der Waals surface area contributed by atoms with Crippen LogP contribution >= 0.6 is 0 Å². The number of quaternary nitrogens is 2. The van der Waals surface area contributed by atoms with E-state index in [2.05, 4.69) is 13.0 Å². The lowest BCUT2D eigenvalue weighted by molar-refractivity contribution is -1.03. The molecule has 2 atom stereocenters. The van der Waals surface area contributed by atoms with Crippen LogP contribution in [0.1, 0.15) is 38.2 Å². The van der Waals surface area contributed by atoms with E-state index in [1.165, 1.54) is 57.4 Å². The van der Waals surface area contributed by atoms with E-state index < -0.39 is 0 Å². The van der Waals surface area contributed by atoms with Crippen molar-refractivity contribution in [2.75, 3.05) is 47.5 Å². The fraction of sp³-hybridized carbons (Fsp3) is 0.714. The maximum atomic E-state index is 5.66. The van der Waals surface area contributed by atoms with Crippen molar-refractivity contribution in [1.29, 1.82) is 0 Å². The molecule has 5 heteroatoms. The van der Waals surface area contributed by atoms with E-state index >= 15 is 0 Å². The van der Waals surface area contributed by atoms with Gasteiger partial charge in [-0.15, -0.1) is 0 Å². The Bertz CT molecular complexity index is 585. The standard InChI is InChI=1S/C21H34N2O3/c1-16-7-5-6-8-18(16)23-13-11-22(12-14-23)15-17-9-10-19(24-2)21(26-4)20(17)25-3/h9-10,16,18H,5-8,11-15H2,1-4H3/p+2/t16-,18+/m0/s1. The molecule has 1 aliphatic heterocycles. The molecule has 2 fully saturated rings. The van der Waals surface area contributed by atoms with Gasteiger partial charge in [-0.25, -0.2) is 0 Å². The molecule has 2 aliphatic rings. The molecule has 0 amide bonds. The molecule has 3 rings (SSSR count). The first kappa shape index (κ1) is 19.3. The first-order valence-corrected chi connectivity index (χ1v) is 10.1. The SMILES string of the molecule is COc1ccc(C[NH+]2CC[NH+]([C@@H]3CCCC[C@@H]3C)CC2)c(OC)c1OC. The predicted octanol–water partition coefficient (Wildman–Crippen LogP) is 0.575. The molecule has 1 aromatic rings. The Hall–Kier alpha value is -1.46. The van der Waals surface area contributed by atoms with Gasteiger partial charge in [0, 0.05) is 5.92 Å². The molecule has 1 aromatic carbocycles. The van der Waals surface area contributed by atoms with Crippen molar-refractivity contribution < 1.29 is 24.0 Å². The molecule has 1 heterocycles. The van der Waals surface area contributed by atoms with Crippen LogP contribution in [0.4, 0.5) is 0 Å². The molecule has 26 heavy (non-hydrogen) atoms. The molecule has 0 radical (unpaired) electrons. The van der Waals surface area contributed by atoms with Crippen LogP contribution in [0.15, 0.2) is 12.1 Å². The zero-order valence-electron chi connectivity index (χ0n) is 16.9. The lowest BCUT2D eigenvalue weighted by Crippen LogP contribution is -3.29. The number of nitrogens with one attached hydrogen (secondary N) is 2. The van der Waals surface area contributed by atoms with E-state index in [0.29, 0.717) is 5.75 Å². The fourth-order valence-electron chi connectivity index (χ4n) is 4.97. The molecule has 0 aromatic heterocycles. The topological polar surface area (TPSA) is 36.6 Å². The Morgan fingerprint density at radius 2 is 1.58 bits per heavy atom. The second-order valence-corrected chi connectivity index (χ2v) is 7.95. The number of methoxy groups -OCH3 is 3. The minimum Gasteiger partial charge on any atom is -0.493 e. The minimum atomic E-state index is 0.701. The highest BCUT2D eigenvalue weighted by Gasteiger charge is 2.34. The quantitative estimate of drug-likeness (QED) is 0.775. The van der Waals surface area contributed by atoms with Gasteiger partial charge in [0.05, 0.1) is 32.9 Å². The van der Waals surface area contributed by atoms with E-state index in [0.717, 1.165) is 30.0 Å². The van der Waals surface area contributed by atoms with Crippen LogP contribution in [0.25, 0.3) is 0 Å². The molecular weight excluding hydrogens is 328 g/mol. The number of hydrogen-bond donors (Lipinski definition) is 2. The van der Waals surface area contributed by atoms with Gasteiger partial charge in [-0.05, 0) is 31.4 Å². The Kier molecular flexibility index (Phi) is 6.65. The second-order valence-electron chi connectivity index (χ2n) is 7.95. The largest absolute Gasteiger partial charge is 0.493 e. The third-order valence-electron chi connectivity index (χ3n) is 6.46. The van der Waals surface area contributed by atoms with Crippen LogP contribution in [-0.4, -0.2) is 53.6 Å². The van der Waals surface area contributed by atoms with E-state index in [9.17, 15) is 0 Å². The summed E-state index contributed by atoms with van der Waals surface area (Å²) in [4.78, 5) is 3.49. The zero-order valence-corrected chi connectivity index (χ0v) is 16.9. The molecule has 2 N–H and O–H groups in total. The normalized spacial score (nSPS) is 29.2. The van der Waals surface area contributed by atoms with Crippen molar-refractivity contribution in [1.82, 2.24) is 0 Å². The molecule has 5 nitrogen and oxygen atoms in total. The predicted molar refractivity (Wildman–Crippen MR) is 103 cm³/mol. The van der Waals surface area contributed by atoms with Gasteiger partial charge in [0.15, 0.2) is 11.5 Å². The Morgan fingerprint density at radius 3 is 2.19 bits per heavy atom. The van der Waals surface area contributed by atoms with Crippen LogP contribution in [0, 0.1) is 5.92 Å². The van der Waals surface area contributed by atoms with Gasteiger partial charge >= 0.3 is 0 Å². The number of piperazine rings is 1. The van der Waals surface area contributed by atoms with Gasteiger partial charge in [0.2, 0.25) is 5.75 Å². The zero-order chi connectivity index (χ0) is 18.5. The molecule has 0 unspecified atom stereocenters. The van der Waals surface area contributed by atoms with Crippen molar-refractivity contribution >= 4 is 0 Å². The highest BCUT2D eigenvalue weighted by molar-refractivity contribution is 5.55. The molecule has 146 valence electrons. The highest BCUT2D eigenvalue weighted by Crippen LogP contribution is 2.39. The van der Waals surface area contributed by atoms with E-state index in [4.69, 9.17) is 14.2 Å². The summed E-state index contributed by atoms with van der Waals surface area (Å²) in [5, 5.41) is 0.